The Bertz CT molecular complexity index is 538. The van der Waals surface area contributed by atoms with Gasteiger partial charge in [-0.05, 0) is 51.3 Å². The van der Waals surface area contributed by atoms with Crippen molar-refractivity contribution >= 4 is 27.6 Å². The van der Waals surface area contributed by atoms with Crippen LogP contribution < -0.4 is 4.74 Å². The SMILES string of the molecule is CC(=O)c1cc(Br)ccc1OC(C)C(=O)N1CCCCC1. The number of Topliss-reactive ketones (excluding diaryl/α,β-unsaturated/α-hetero) is 1. The number of ether oxygens (including phenoxy) is 1. The van der Waals surface area contributed by atoms with Crippen LogP contribution in [0.4, 0.5) is 0 Å². The number of nitrogens with zero attached hydrogens (tertiary/aromatic N) is 1. The first kappa shape index (κ1) is 16.0. The predicted octanol–water partition coefficient (Wildman–Crippen LogP) is 3.43. The van der Waals surface area contributed by atoms with E-state index in [9.17, 15) is 9.59 Å². The van der Waals surface area contributed by atoms with E-state index in [0.717, 1.165) is 30.4 Å². The molecule has 5 heteroatoms. The van der Waals surface area contributed by atoms with Crippen molar-refractivity contribution in [1.82, 2.24) is 4.90 Å². The lowest BCUT2D eigenvalue weighted by Crippen LogP contribution is -2.43. The molecular formula is C16H20BrNO3. The molecule has 1 aromatic rings. The molecule has 1 heterocycles. The Balaban J connectivity index is 2.10. The molecule has 1 aliphatic heterocycles. The van der Waals surface area contributed by atoms with Crippen LogP contribution in [0.5, 0.6) is 5.75 Å². The number of benzene rings is 1. The van der Waals surface area contributed by atoms with Crippen molar-refractivity contribution in [2.75, 3.05) is 13.1 Å². The second-order valence-electron chi connectivity index (χ2n) is 5.34. The number of hydrogen-bond acceptors (Lipinski definition) is 3. The summed E-state index contributed by atoms with van der Waals surface area (Å²) >= 11 is 3.34. The zero-order chi connectivity index (χ0) is 15.4. The van der Waals surface area contributed by atoms with Crippen LogP contribution in [0.25, 0.3) is 0 Å². The van der Waals surface area contributed by atoms with Gasteiger partial charge in [0.1, 0.15) is 5.75 Å². The van der Waals surface area contributed by atoms with E-state index in [1.165, 1.54) is 13.3 Å². The number of halogens is 1. The number of hydrogen-bond donors (Lipinski definition) is 0. The summed E-state index contributed by atoms with van der Waals surface area (Å²) in [5, 5.41) is 0. The highest BCUT2D eigenvalue weighted by Crippen LogP contribution is 2.25. The van der Waals surface area contributed by atoms with Crippen molar-refractivity contribution in [2.45, 2.75) is 39.2 Å². The molecule has 0 aliphatic carbocycles. The van der Waals surface area contributed by atoms with Crippen LogP contribution in [0.15, 0.2) is 22.7 Å². The average Bonchev–Trinajstić information content (AvgIpc) is 2.49. The van der Waals surface area contributed by atoms with Gasteiger partial charge in [0.25, 0.3) is 5.91 Å². The number of amides is 1. The van der Waals surface area contributed by atoms with Crippen LogP contribution in [0.1, 0.15) is 43.5 Å². The summed E-state index contributed by atoms with van der Waals surface area (Å²) in [5.41, 5.74) is 0.489. The van der Waals surface area contributed by atoms with Crippen molar-refractivity contribution in [3.05, 3.63) is 28.2 Å². The van der Waals surface area contributed by atoms with Gasteiger partial charge >= 0.3 is 0 Å². The van der Waals surface area contributed by atoms with E-state index in [0.29, 0.717) is 11.3 Å². The minimum atomic E-state index is -0.581. The lowest BCUT2D eigenvalue weighted by molar-refractivity contribution is -0.138. The molecule has 0 saturated carbocycles. The van der Waals surface area contributed by atoms with Crippen molar-refractivity contribution < 1.29 is 14.3 Å². The molecule has 21 heavy (non-hydrogen) atoms. The lowest BCUT2D eigenvalue weighted by Gasteiger charge is -2.29. The highest BCUT2D eigenvalue weighted by Gasteiger charge is 2.24. The molecule has 114 valence electrons. The molecule has 1 aromatic carbocycles. The van der Waals surface area contributed by atoms with Crippen LogP contribution in [-0.2, 0) is 4.79 Å². The molecule has 0 radical (unpaired) electrons. The quantitative estimate of drug-likeness (QED) is 0.779. The number of carbonyl (C=O) groups is 2. The highest BCUT2D eigenvalue weighted by atomic mass is 79.9. The monoisotopic (exact) mass is 353 g/mol. The fourth-order valence-corrected chi connectivity index (χ4v) is 2.85. The van der Waals surface area contributed by atoms with E-state index in [-0.39, 0.29) is 11.7 Å². The standard InChI is InChI=1S/C16H20BrNO3/c1-11(19)14-10-13(17)6-7-15(14)21-12(2)16(20)18-8-4-3-5-9-18/h6-7,10,12H,3-5,8-9H2,1-2H3. The zero-order valence-corrected chi connectivity index (χ0v) is 14.0. The zero-order valence-electron chi connectivity index (χ0n) is 12.4. The first-order valence-electron chi connectivity index (χ1n) is 7.25. The summed E-state index contributed by atoms with van der Waals surface area (Å²) in [7, 11) is 0. The van der Waals surface area contributed by atoms with Gasteiger partial charge in [-0.2, -0.15) is 0 Å². The molecule has 0 aromatic heterocycles. The molecule has 1 saturated heterocycles. The molecule has 2 rings (SSSR count). The highest BCUT2D eigenvalue weighted by molar-refractivity contribution is 9.10. The normalized spacial score (nSPS) is 16.4. The average molecular weight is 354 g/mol. The molecule has 0 bridgehead atoms. The summed E-state index contributed by atoms with van der Waals surface area (Å²) in [6.45, 7) is 4.83. The van der Waals surface area contributed by atoms with E-state index >= 15 is 0 Å². The van der Waals surface area contributed by atoms with Gasteiger partial charge in [-0.15, -0.1) is 0 Å². The minimum absolute atomic E-state index is 0.00730. The largest absolute Gasteiger partial charge is 0.480 e. The predicted molar refractivity (Wildman–Crippen MR) is 84.7 cm³/mol. The van der Waals surface area contributed by atoms with Gasteiger partial charge in [0.05, 0.1) is 5.56 Å². The summed E-state index contributed by atoms with van der Waals surface area (Å²) < 4.78 is 6.56. The van der Waals surface area contributed by atoms with Crippen LogP contribution in [0, 0.1) is 0 Å². The topological polar surface area (TPSA) is 46.6 Å². The van der Waals surface area contributed by atoms with Gasteiger partial charge in [0.2, 0.25) is 0 Å². The number of carbonyl (C=O) groups excluding carboxylic acids is 2. The third kappa shape index (κ3) is 4.06. The fraction of sp³-hybridized carbons (Fsp3) is 0.500. The molecule has 4 nitrogen and oxygen atoms in total. The summed E-state index contributed by atoms with van der Waals surface area (Å²) in [5.74, 6) is 0.375. The van der Waals surface area contributed by atoms with Gasteiger partial charge in [0, 0.05) is 17.6 Å². The van der Waals surface area contributed by atoms with Crippen molar-refractivity contribution in [3.63, 3.8) is 0 Å². The molecule has 0 spiro atoms. The van der Waals surface area contributed by atoms with E-state index in [1.807, 2.05) is 4.90 Å². The van der Waals surface area contributed by atoms with E-state index in [2.05, 4.69) is 15.9 Å². The van der Waals surface area contributed by atoms with Crippen molar-refractivity contribution in [1.29, 1.82) is 0 Å². The second kappa shape index (κ2) is 7.07. The van der Waals surface area contributed by atoms with Crippen LogP contribution >= 0.6 is 15.9 Å². The van der Waals surface area contributed by atoms with Crippen molar-refractivity contribution in [2.24, 2.45) is 0 Å². The van der Waals surface area contributed by atoms with Gasteiger partial charge in [-0.1, -0.05) is 15.9 Å². The number of ketones is 1. The number of rotatable bonds is 4. The maximum absolute atomic E-state index is 12.4. The van der Waals surface area contributed by atoms with E-state index in [1.54, 1.807) is 25.1 Å². The van der Waals surface area contributed by atoms with E-state index < -0.39 is 6.10 Å². The Labute approximate surface area is 133 Å². The van der Waals surface area contributed by atoms with Gasteiger partial charge in [-0.25, -0.2) is 0 Å². The maximum atomic E-state index is 12.4. The van der Waals surface area contributed by atoms with Gasteiger partial charge < -0.3 is 9.64 Å². The lowest BCUT2D eigenvalue weighted by atomic mass is 10.1. The fourth-order valence-electron chi connectivity index (χ4n) is 2.49. The molecule has 1 fully saturated rings. The Morgan fingerprint density at radius 2 is 1.90 bits per heavy atom. The van der Waals surface area contributed by atoms with Crippen LogP contribution in [-0.4, -0.2) is 35.8 Å². The van der Waals surface area contributed by atoms with E-state index in [4.69, 9.17) is 4.74 Å². The molecule has 0 N–H and O–H groups in total. The second-order valence-corrected chi connectivity index (χ2v) is 6.26. The maximum Gasteiger partial charge on any atom is 0.263 e. The molecule has 1 unspecified atom stereocenters. The van der Waals surface area contributed by atoms with Crippen LogP contribution in [0.2, 0.25) is 0 Å². The first-order valence-corrected chi connectivity index (χ1v) is 8.04. The Morgan fingerprint density at radius 1 is 1.24 bits per heavy atom. The number of piperidine rings is 1. The Morgan fingerprint density at radius 3 is 2.52 bits per heavy atom. The smallest absolute Gasteiger partial charge is 0.263 e. The minimum Gasteiger partial charge on any atom is -0.480 e. The first-order chi connectivity index (χ1) is 9.99. The van der Waals surface area contributed by atoms with Crippen LogP contribution in [0.3, 0.4) is 0 Å². The number of likely N-dealkylation sites (tertiary alicyclic amines) is 1. The molecule has 1 amide bonds. The Hall–Kier alpha value is -1.36. The third-order valence-corrected chi connectivity index (χ3v) is 4.13. The molecular weight excluding hydrogens is 334 g/mol. The molecule has 1 aliphatic rings. The summed E-state index contributed by atoms with van der Waals surface area (Å²) in [6, 6.07) is 5.25. The Kier molecular flexibility index (Phi) is 5.39. The van der Waals surface area contributed by atoms with Gasteiger partial charge in [-0.3, -0.25) is 9.59 Å². The van der Waals surface area contributed by atoms with Crippen molar-refractivity contribution in [3.8, 4) is 5.75 Å². The summed E-state index contributed by atoms with van der Waals surface area (Å²) in [4.78, 5) is 25.9. The summed E-state index contributed by atoms with van der Waals surface area (Å²) in [6.07, 6.45) is 2.70. The third-order valence-electron chi connectivity index (χ3n) is 3.64. The molecule has 1 atom stereocenters. The van der Waals surface area contributed by atoms with Gasteiger partial charge in [0.15, 0.2) is 11.9 Å².